The molecule has 3 aromatic rings. The molecule has 108 valence electrons. The Morgan fingerprint density at radius 1 is 0.909 bits per heavy atom. The van der Waals surface area contributed by atoms with Gasteiger partial charge >= 0.3 is 0 Å². The second-order valence-corrected chi connectivity index (χ2v) is 4.92. The average Bonchev–Trinajstić information content (AvgIpc) is 2.81. The first kappa shape index (κ1) is 13.8. The first-order valence-corrected chi connectivity index (χ1v) is 6.83. The van der Waals surface area contributed by atoms with Crippen LogP contribution in [0.1, 0.15) is 5.56 Å². The fourth-order valence-electron chi connectivity index (χ4n) is 2.49. The molecule has 1 aromatic heterocycles. The van der Waals surface area contributed by atoms with E-state index in [0.29, 0.717) is 12.2 Å². The van der Waals surface area contributed by atoms with Crippen LogP contribution >= 0.6 is 0 Å². The van der Waals surface area contributed by atoms with Crippen LogP contribution in [0.15, 0.2) is 60.7 Å². The van der Waals surface area contributed by atoms with Gasteiger partial charge in [-0.3, -0.25) is 0 Å². The summed E-state index contributed by atoms with van der Waals surface area (Å²) in [6.07, 6.45) is 0. The minimum Gasteiger partial charge on any atom is -0.514 e. The van der Waals surface area contributed by atoms with Gasteiger partial charge in [-0.25, -0.2) is 4.85 Å². The predicted molar refractivity (Wildman–Crippen MR) is 85.0 cm³/mol. The lowest BCUT2D eigenvalue weighted by Gasteiger charge is -2.11. The Morgan fingerprint density at radius 2 is 1.50 bits per heavy atom. The number of nitrogens with zero attached hydrogens (tertiary/aromatic N) is 2. The van der Waals surface area contributed by atoms with E-state index in [1.165, 1.54) is 0 Å². The number of aromatic nitrogens is 1. The molecule has 4 nitrogen and oxygen atoms in total. The van der Waals surface area contributed by atoms with Gasteiger partial charge in [0.15, 0.2) is 5.75 Å². The Kier molecular flexibility index (Phi) is 3.55. The van der Waals surface area contributed by atoms with Gasteiger partial charge < -0.3 is 14.8 Å². The number of hydrogen-bond acceptors (Lipinski definition) is 2. The molecule has 4 heteroatoms. The Labute approximate surface area is 128 Å². The Balaban J connectivity index is 2.19. The van der Waals surface area contributed by atoms with E-state index in [1.807, 2.05) is 60.7 Å². The average molecular weight is 290 g/mol. The summed E-state index contributed by atoms with van der Waals surface area (Å²) in [5.74, 6) is -0.654. The van der Waals surface area contributed by atoms with Crippen molar-refractivity contribution in [2.45, 2.75) is 6.54 Å². The van der Waals surface area contributed by atoms with Crippen molar-refractivity contribution in [3.63, 3.8) is 0 Å². The lowest BCUT2D eigenvalue weighted by Crippen LogP contribution is -2.01. The van der Waals surface area contributed by atoms with Crippen molar-refractivity contribution in [2.75, 3.05) is 0 Å². The van der Waals surface area contributed by atoms with E-state index in [1.54, 1.807) is 4.57 Å². The van der Waals surface area contributed by atoms with Crippen LogP contribution in [0, 0.1) is 6.57 Å². The van der Waals surface area contributed by atoms with Crippen LogP contribution in [0.5, 0.6) is 11.6 Å². The van der Waals surface area contributed by atoms with Gasteiger partial charge in [0, 0.05) is 6.54 Å². The molecular weight excluding hydrogens is 276 g/mol. The molecule has 0 aliphatic rings. The van der Waals surface area contributed by atoms with Gasteiger partial charge in [-0.2, -0.15) is 0 Å². The van der Waals surface area contributed by atoms with Crippen molar-refractivity contribution in [3.8, 4) is 22.9 Å². The van der Waals surface area contributed by atoms with Crippen LogP contribution in [-0.4, -0.2) is 14.8 Å². The van der Waals surface area contributed by atoms with Gasteiger partial charge in [-0.1, -0.05) is 60.7 Å². The topological polar surface area (TPSA) is 49.8 Å². The number of hydrogen-bond donors (Lipinski definition) is 2. The molecule has 0 aliphatic heterocycles. The molecule has 0 saturated carbocycles. The van der Waals surface area contributed by atoms with Gasteiger partial charge in [0.05, 0.1) is 12.3 Å². The number of benzene rings is 2. The predicted octanol–water partition coefficient (Wildman–Crippen LogP) is 4.17. The zero-order chi connectivity index (χ0) is 15.5. The largest absolute Gasteiger partial charge is 0.514 e. The summed E-state index contributed by atoms with van der Waals surface area (Å²) < 4.78 is 1.56. The molecule has 0 saturated heterocycles. The van der Waals surface area contributed by atoms with Crippen LogP contribution in [0.2, 0.25) is 0 Å². The molecule has 0 amide bonds. The van der Waals surface area contributed by atoms with E-state index in [2.05, 4.69) is 4.85 Å². The Bertz CT molecular complexity index is 831. The monoisotopic (exact) mass is 290 g/mol. The third kappa shape index (κ3) is 2.29. The Morgan fingerprint density at radius 3 is 2.09 bits per heavy atom. The first-order valence-electron chi connectivity index (χ1n) is 6.83. The van der Waals surface area contributed by atoms with Gasteiger partial charge in [0.1, 0.15) is 0 Å². The summed E-state index contributed by atoms with van der Waals surface area (Å²) in [7, 11) is 0. The van der Waals surface area contributed by atoms with E-state index >= 15 is 0 Å². The maximum atomic E-state index is 10.2. The fraction of sp³-hybridized carbons (Fsp3) is 0.0556. The minimum absolute atomic E-state index is 0.0691. The maximum absolute atomic E-state index is 10.2. The van der Waals surface area contributed by atoms with Gasteiger partial charge in [0.2, 0.25) is 5.88 Å². The molecule has 2 N–H and O–H groups in total. The highest BCUT2D eigenvalue weighted by Crippen LogP contribution is 2.47. The van der Waals surface area contributed by atoms with Crippen molar-refractivity contribution >= 4 is 5.69 Å². The van der Waals surface area contributed by atoms with Crippen LogP contribution < -0.4 is 0 Å². The normalized spacial score (nSPS) is 10.3. The summed E-state index contributed by atoms with van der Waals surface area (Å²) >= 11 is 0. The lowest BCUT2D eigenvalue weighted by molar-refractivity contribution is 0.377. The quantitative estimate of drug-likeness (QED) is 0.711. The third-order valence-corrected chi connectivity index (χ3v) is 3.53. The molecule has 0 fully saturated rings. The van der Waals surface area contributed by atoms with E-state index < -0.39 is 0 Å². The Hall–Kier alpha value is -3.19. The van der Waals surface area contributed by atoms with Gasteiger partial charge in [-0.15, -0.1) is 0 Å². The standard InChI is InChI=1S/C18H14N2O2/c1-19-15-16(14-10-6-3-7-11-14)20(18(22)17(15)21)12-13-8-4-2-5-9-13/h2-11,21-22H,12H2. The summed E-state index contributed by atoms with van der Waals surface area (Å²) in [4.78, 5) is 3.39. The third-order valence-electron chi connectivity index (χ3n) is 3.53. The molecule has 0 atom stereocenters. The van der Waals surface area contributed by atoms with Crippen molar-refractivity contribution in [1.82, 2.24) is 4.57 Å². The van der Waals surface area contributed by atoms with Crippen LogP contribution in [0.4, 0.5) is 5.69 Å². The van der Waals surface area contributed by atoms with Crippen LogP contribution in [0.25, 0.3) is 16.1 Å². The van der Waals surface area contributed by atoms with Crippen LogP contribution in [0.3, 0.4) is 0 Å². The first-order chi connectivity index (χ1) is 10.7. The summed E-state index contributed by atoms with van der Waals surface area (Å²) in [5.41, 5.74) is 2.34. The molecule has 0 unspecified atom stereocenters. The van der Waals surface area contributed by atoms with Crippen molar-refractivity contribution < 1.29 is 10.2 Å². The van der Waals surface area contributed by atoms with Crippen molar-refractivity contribution in [2.24, 2.45) is 0 Å². The molecule has 1 heterocycles. The summed E-state index contributed by atoms with van der Waals surface area (Å²) in [6.45, 7) is 7.68. The molecule has 0 radical (unpaired) electrons. The maximum Gasteiger partial charge on any atom is 0.256 e. The summed E-state index contributed by atoms with van der Waals surface area (Å²) in [6, 6.07) is 18.9. The molecule has 0 spiro atoms. The fourth-order valence-corrected chi connectivity index (χ4v) is 2.49. The van der Waals surface area contributed by atoms with Crippen molar-refractivity contribution in [3.05, 3.63) is 77.6 Å². The second kappa shape index (κ2) is 5.66. The van der Waals surface area contributed by atoms with E-state index in [4.69, 9.17) is 6.57 Å². The molecule has 0 aliphatic carbocycles. The van der Waals surface area contributed by atoms with Gasteiger partial charge in [0.25, 0.3) is 5.69 Å². The number of aromatic hydroxyl groups is 2. The van der Waals surface area contributed by atoms with E-state index in [9.17, 15) is 10.2 Å². The summed E-state index contributed by atoms with van der Waals surface area (Å²) in [5, 5.41) is 20.3. The highest BCUT2D eigenvalue weighted by atomic mass is 16.3. The highest BCUT2D eigenvalue weighted by Gasteiger charge is 2.23. The smallest absolute Gasteiger partial charge is 0.256 e. The van der Waals surface area contributed by atoms with E-state index in [0.717, 1.165) is 11.1 Å². The molecule has 3 rings (SSSR count). The van der Waals surface area contributed by atoms with E-state index in [-0.39, 0.29) is 17.3 Å². The zero-order valence-electron chi connectivity index (χ0n) is 11.8. The number of rotatable bonds is 3. The highest BCUT2D eigenvalue weighted by molar-refractivity contribution is 5.84. The van der Waals surface area contributed by atoms with Crippen LogP contribution in [-0.2, 0) is 6.54 Å². The SMILES string of the molecule is [C-]#[N+]c1c(O)c(O)n(Cc2ccccc2)c1-c1ccccc1. The molecule has 22 heavy (non-hydrogen) atoms. The second-order valence-electron chi connectivity index (χ2n) is 4.92. The molecule has 0 bridgehead atoms. The van der Waals surface area contributed by atoms with Gasteiger partial charge in [-0.05, 0) is 11.1 Å². The minimum atomic E-state index is -0.371. The zero-order valence-corrected chi connectivity index (χ0v) is 11.8. The lowest BCUT2D eigenvalue weighted by atomic mass is 10.1. The molecule has 2 aromatic carbocycles. The molecular formula is C18H14N2O2. The van der Waals surface area contributed by atoms with Crippen molar-refractivity contribution in [1.29, 1.82) is 0 Å².